The van der Waals surface area contributed by atoms with Crippen LogP contribution in [0.25, 0.3) is 22.1 Å². The van der Waals surface area contributed by atoms with Gasteiger partial charge in [0, 0.05) is 0 Å². The molecule has 9 nitrogen and oxygen atoms in total. The molecule has 0 spiro atoms. The molecule has 0 radical (unpaired) electrons. The Labute approximate surface area is 169 Å². The Morgan fingerprint density at radius 1 is 1.00 bits per heavy atom. The van der Waals surface area contributed by atoms with E-state index in [-0.39, 0.29) is 33.6 Å². The Morgan fingerprint density at radius 2 is 1.70 bits per heavy atom. The smallest absolute Gasteiger partial charge is 0.200 e. The number of aliphatic hydroxyl groups is 4. The van der Waals surface area contributed by atoms with E-state index in [9.17, 15) is 30.3 Å². The van der Waals surface area contributed by atoms with Gasteiger partial charge in [0.05, 0.1) is 23.1 Å². The van der Waals surface area contributed by atoms with E-state index in [0.717, 1.165) is 0 Å². The third-order valence-corrected chi connectivity index (χ3v) is 5.29. The van der Waals surface area contributed by atoms with E-state index in [0.29, 0.717) is 5.56 Å². The minimum Gasteiger partial charge on any atom is -0.508 e. The van der Waals surface area contributed by atoms with Gasteiger partial charge in [-0.15, -0.1) is 0 Å². The van der Waals surface area contributed by atoms with Crippen LogP contribution in [0.5, 0.6) is 11.5 Å². The van der Waals surface area contributed by atoms with Crippen LogP contribution in [0.4, 0.5) is 0 Å². The molecule has 1 fully saturated rings. The summed E-state index contributed by atoms with van der Waals surface area (Å²) in [6.45, 7) is -0.701. The van der Waals surface area contributed by atoms with Crippen molar-refractivity contribution < 1.29 is 39.8 Å². The summed E-state index contributed by atoms with van der Waals surface area (Å²) in [4.78, 5) is 13.0. The second kappa shape index (κ2) is 7.71. The Balaban J connectivity index is 1.84. The standard InChI is InChI=1S/C21H20O9/c22-7-14(25)20-17(27)18(28)21(30-20)15-13(24)6-5-11-16(26)12(8-29-19(11)15)9-1-3-10(23)4-2-9/h1-6,8,14,17-18,20-25,27-28H,7H2/t14-,17-,18-,20-,21+/m1/s1. The van der Waals surface area contributed by atoms with E-state index in [1.54, 1.807) is 12.1 Å². The van der Waals surface area contributed by atoms with E-state index in [1.165, 1.54) is 30.5 Å². The monoisotopic (exact) mass is 416 g/mol. The highest BCUT2D eigenvalue weighted by molar-refractivity contribution is 5.86. The summed E-state index contributed by atoms with van der Waals surface area (Å²) in [5, 5.41) is 59.5. The van der Waals surface area contributed by atoms with Crippen molar-refractivity contribution in [2.45, 2.75) is 30.5 Å². The number of aromatic hydroxyl groups is 2. The topological polar surface area (TPSA) is 161 Å². The number of hydrogen-bond donors (Lipinski definition) is 6. The predicted octanol–water partition coefficient (Wildman–Crippen LogP) is 0.386. The summed E-state index contributed by atoms with van der Waals surface area (Å²) in [7, 11) is 0. The number of aliphatic hydroxyl groups excluding tert-OH is 4. The van der Waals surface area contributed by atoms with Crippen molar-refractivity contribution in [3.63, 3.8) is 0 Å². The molecule has 2 aromatic carbocycles. The van der Waals surface area contributed by atoms with E-state index in [2.05, 4.69) is 0 Å². The molecule has 2 heterocycles. The largest absolute Gasteiger partial charge is 0.508 e. The average Bonchev–Trinajstić information content (AvgIpc) is 3.03. The Bertz CT molecular complexity index is 1120. The summed E-state index contributed by atoms with van der Waals surface area (Å²) >= 11 is 0. The van der Waals surface area contributed by atoms with Gasteiger partial charge < -0.3 is 39.8 Å². The summed E-state index contributed by atoms with van der Waals surface area (Å²) < 4.78 is 11.2. The van der Waals surface area contributed by atoms with Gasteiger partial charge in [-0.2, -0.15) is 0 Å². The van der Waals surface area contributed by atoms with Crippen molar-refractivity contribution in [2.75, 3.05) is 6.61 Å². The highest BCUT2D eigenvalue weighted by Crippen LogP contribution is 2.42. The highest BCUT2D eigenvalue weighted by atomic mass is 16.6. The van der Waals surface area contributed by atoms with Crippen LogP contribution in [0.2, 0.25) is 0 Å². The maximum absolute atomic E-state index is 13.0. The highest BCUT2D eigenvalue weighted by Gasteiger charge is 2.48. The van der Waals surface area contributed by atoms with Crippen LogP contribution in [0.1, 0.15) is 11.7 Å². The first-order valence-corrected chi connectivity index (χ1v) is 9.20. The lowest BCUT2D eigenvalue weighted by atomic mass is 9.96. The van der Waals surface area contributed by atoms with Crippen LogP contribution in [-0.2, 0) is 4.74 Å². The molecule has 5 atom stereocenters. The molecule has 1 aliphatic heterocycles. The Kier molecular flexibility index (Phi) is 5.22. The molecule has 9 heteroatoms. The molecule has 3 aromatic rings. The van der Waals surface area contributed by atoms with Gasteiger partial charge in [0.1, 0.15) is 53.9 Å². The van der Waals surface area contributed by atoms with Crippen molar-refractivity contribution in [1.82, 2.24) is 0 Å². The molecule has 30 heavy (non-hydrogen) atoms. The van der Waals surface area contributed by atoms with Gasteiger partial charge in [-0.1, -0.05) is 12.1 Å². The first-order chi connectivity index (χ1) is 14.3. The van der Waals surface area contributed by atoms with Crippen molar-refractivity contribution in [2.24, 2.45) is 0 Å². The summed E-state index contributed by atoms with van der Waals surface area (Å²) in [5.41, 5.74) is 0.222. The molecule has 0 aliphatic carbocycles. The maximum atomic E-state index is 13.0. The first kappa shape index (κ1) is 20.3. The molecule has 0 saturated carbocycles. The van der Waals surface area contributed by atoms with Crippen LogP contribution in [0.3, 0.4) is 0 Å². The van der Waals surface area contributed by atoms with Crippen molar-refractivity contribution in [3.05, 3.63) is 58.4 Å². The summed E-state index contributed by atoms with van der Waals surface area (Å²) in [5.74, 6) is -0.292. The molecule has 6 N–H and O–H groups in total. The number of benzene rings is 2. The number of rotatable bonds is 4. The fraction of sp³-hybridized carbons (Fsp3) is 0.286. The number of hydrogen-bond acceptors (Lipinski definition) is 9. The van der Waals surface area contributed by atoms with Crippen LogP contribution in [0.15, 0.2) is 51.9 Å². The van der Waals surface area contributed by atoms with Gasteiger partial charge in [-0.3, -0.25) is 4.79 Å². The zero-order chi connectivity index (χ0) is 21.6. The number of phenols is 2. The van der Waals surface area contributed by atoms with Gasteiger partial charge in [0.15, 0.2) is 0 Å². The fourth-order valence-electron chi connectivity index (χ4n) is 3.69. The van der Waals surface area contributed by atoms with E-state index >= 15 is 0 Å². The molecule has 4 rings (SSSR count). The van der Waals surface area contributed by atoms with Crippen molar-refractivity contribution in [1.29, 1.82) is 0 Å². The minimum atomic E-state index is -1.55. The lowest BCUT2D eigenvalue weighted by molar-refractivity contribution is -0.0822. The van der Waals surface area contributed by atoms with E-state index < -0.39 is 42.6 Å². The second-order valence-corrected chi connectivity index (χ2v) is 7.15. The molecular weight excluding hydrogens is 396 g/mol. The maximum Gasteiger partial charge on any atom is 0.200 e. The van der Waals surface area contributed by atoms with Gasteiger partial charge >= 0.3 is 0 Å². The second-order valence-electron chi connectivity index (χ2n) is 7.15. The molecule has 0 amide bonds. The summed E-state index contributed by atoms with van der Waals surface area (Å²) in [6, 6.07) is 8.57. The SMILES string of the molecule is O=c1c(-c2ccc(O)cc2)coc2c([C@@H]3O[C@H]([C@H](O)CO)[C@H](O)[C@H]3O)c(O)ccc12. The number of fused-ring (bicyclic) bond motifs is 1. The Hall–Kier alpha value is -2.95. The van der Waals surface area contributed by atoms with Crippen LogP contribution < -0.4 is 5.43 Å². The molecule has 0 unspecified atom stereocenters. The van der Waals surface area contributed by atoms with Crippen LogP contribution in [-0.4, -0.2) is 61.7 Å². The summed E-state index contributed by atoms with van der Waals surface area (Å²) in [6.07, 6.45) is -5.95. The third-order valence-electron chi connectivity index (χ3n) is 5.29. The van der Waals surface area contributed by atoms with Gasteiger partial charge in [0.25, 0.3) is 0 Å². The lowest BCUT2D eigenvalue weighted by Gasteiger charge is -2.19. The van der Waals surface area contributed by atoms with Crippen molar-refractivity contribution in [3.8, 4) is 22.6 Å². The molecule has 1 aromatic heterocycles. The van der Waals surface area contributed by atoms with Gasteiger partial charge in [-0.25, -0.2) is 0 Å². The van der Waals surface area contributed by atoms with Gasteiger partial charge in [-0.05, 0) is 29.8 Å². The normalized spacial score (nSPS) is 24.9. The molecule has 0 bridgehead atoms. The third kappa shape index (κ3) is 3.22. The van der Waals surface area contributed by atoms with Crippen LogP contribution in [0, 0.1) is 0 Å². The minimum absolute atomic E-state index is 0.0432. The molecule has 1 aliphatic rings. The zero-order valence-electron chi connectivity index (χ0n) is 15.5. The average molecular weight is 416 g/mol. The molecule has 158 valence electrons. The van der Waals surface area contributed by atoms with Gasteiger partial charge in [0.2, 0.25) is 5.43 Å². The first-order valence-electron chi connectivity index (χ1n) is 9.20. The number of ether oxygens (including phenoxy) is 1. The predicted molar refractivity (Wildman–Crippen MR) is 104 cm³/mol. The fourth-order valence-corrected chi connectivity index (χ4v) is 3.69. The van der Waals surface area contributed by atoms with Crippen molar-refractivity contribution >= 4 is 11.0 Å². The van der Waals surface area contributed by atoms with E-state index in [4.69, 9.17) is 14.3 Å². The lowest BCUT2D eigenvalue weighted by Crippen LogP contribution is -2.40. The molecule has 1 saturated heterocycles. The quantitative estimate of drug-likeness (QED) is 0.353. The van der Waals surface area contributed by atoms with Crippen LogP contribution >= 0.6 is 0 Å². The number of phenolic OH excluding ortho intramolecular Hbond substituents is 2. The van der Waals surface area contributed by atoms with E-state index in [1.807, 2.05) is 0 Å². The zero-order valence-corrected chi connectivity index (χ0v) is 15.5. The molecular formula is C21H20O9. The Morgan fingerprint density at radius 3 is 2.37 bits per heavy atom.